The van der Waals surface area contributed by atoms with E-state index in [0.29, 0.717) is 18.9 Å². The molecule has 0 fully saturated rings. The normalized spacial score (nSPS) is 9.40. The van der Waals surface area contributed by atoms with E-state index in [-0.39, 0.29) is 0 Å². The molecule has 10 heavy (non-hydrogen) atoms. The average Bonchev–Trinajstić information content (AvgIpc) is 1.87. The third kappa shape index (κ3) is 3.32. The largest absolute Gasteiger partial charge is 0.386 e. The van der Waals surface area contributed by atoms with Crippen LogP contribution in [0.5, 0.6) is 0 Å². The molecule has 0 aromatic carbocycles. The van der Waals surface area contributed by atoms with Crippen molar-refractivity contribution in [1.82, 2.24) is 4.90 Å². The van der Waals surface area contributed by atoms with Gasteiger partial charge in [-0.15, -0.1) is 0 Å². The Hall–Kier alpha value is -0.740. The van der Waals surface area contributed by atoms with Crippen molar-refractivity contribution in [2.24, 2.45) is 17.2 Å². The fraction of sp³-hybridized carbons (Fsp3) is 0.667. The van der Waals surface area contributed by atoms with Gasteiger partial charge in [0.1, 0.15) is 0 Å². The maximum Gasteiger partial charge on any atom is 0.0913 e. The lowest BCUT2D eigenvalue weighted by Crippen LogP contribution is -2.35. The summed E-state index contributed by atoms with van der Waals surface area (Å²) in [6.45, 7) is 6.20. The Balaban J connectivity index is 3.61. The fourth-order valence-electron chi connectivity index (χ4n) is 0.711. The quantitative estimate of drug-likeness (QED) is 0.445. The van der Waals surface area contributed by atoms with Gasteiger partial charge in [0.25, 0.3) is 0 Å². The number of nitrogens with zero attached hydrogens (tertiary/aromatic N) is 1. The Labute approximate surface area is 61.7 Å². The van der Waals surface area contributed by atoms with Gasteiger partial charge >= 0.3 is 0 Å². The van der Waals surface area contributed by atoms with Crippen LogP contribution in [-0.2, 0) is 0 Å². The molecule has 0 saturated carbocycles. The van der Waals surface area contributed by atoms with E-state index in [1.165, 1.54) is 0 Å². The Morgan fingerprint density at radius 3 is 1.80 bits per heavy atom. The molecule has 0 bridgehead atoms. The summed E-state index contributed by atoms with van der Waals surface area (Å²) in [5, 5.41) is 0. The Morgan fingerprint density at radius 1 is 1.20 bits per heavy atom. The second kappa shape index (κ2) is 5.08. The lowest BCUT2D eigenvalue weighted by atomic mass is 10.4. The van der Waals surface area contributed by atoms with E-state index >= 15 is 0 Å². The third-order valence-corrected chi connectivity index (χ3v) is 1.20. The highest BCUT2D eigenvalue weighted by molar-refractivity contribution is 4.86. The van der Waals surface area contributed by atoms with Crippen molar-refractivity contribution in [1.29, 1.82) is 0 Å². The minimum atomic E-state index is 0.538. The van der Waals surface area contributed by atoms with E-state index in [4.69, 9.17) is 17.2 Å². The standard InChI is InChI=1S/C6H16N4/c1-6(9)10(4-2-7)5-3-8/h1-5,7-9H2. The number of hydrogen-bond donors (Lipinski definition) is 3. The molecule has 0 heterocycles. The van der Waals surface area contributed by atoms with Gasteiger partial charge in [0, 0.05) is 26.2 Å². The molecule has 0 spiro atoms. The van der Waals surface area contributed by atoms with Gasteiger partial charge < -0.3 is 22.1 Å². The van der Waals surface area contributed by atoms with Crippen molar-refractivity contribution in [3.63, 3.8) is 0 Å². The van der Waals surface area contributed by atoms with Crippen LogP contribution >= 0.6 is 0 Å². The van der Waals surface area contributed by atoms with Gasteiger partial charge in [0.05, 0.1) is 5.82 Å². The molecule has 0 saturated heterocycles. The lowest BCUT2D eigenvalue weighted by Gasteiger charge is -2.22. The number of nitrogens with two attached hydrogens (primary N) is 3. The van der Waals surface area contributed by atoms with Crippen LogP contribution in [0, 0.1) is 0 Å². The molecule has 0 aliphatic carbocycles. The van der Waals surface area contributed by atoms with Crippen LogP contribution in [0.25, 0.3) is 0 Å². The maximum atomic E-state index is 5.43. The Bertz CT molecular complexity index is 95.9. The number of rotatable bonds is 5. The summed E-state index contributed by atoms with van der Waals surface area (Å²) in [6.07, 6.45) is 0. The molecule has 0 aromatic rings. The molecular formula is C6H16N4. The summed E-state index contributed by atoms with van der Waals surface area (Å²) in [5.74, 6) is 0.538. The summed E-state index contributed by atoms with van der Waals surface area (Å²) >= 11 is 0. The van der Waals surface area contributed by atoms with Crippen molar-refractivity contribution < 1.29 is 0 Å². The van der Waals surface area contributed by atoms with Gasteiger partial charge in [-0.25, -0.2) is 0 Å². The predicted molar refractivity (Wildman–Crippen MR) is 43.0 cm³/mol. The van der Waals surface area contributed by atoms with Gasteiger partial charge in [-0.1, -0.05) is 6.58 Å². The van der Waals surface area contributed by atoms with Crippen molar-refractivity contribution in [3.05, 3.63) is 12.4 Å². The highest BCUT2D eigenvalue weighted by atomic mass is 15.2. The Morgan fingerprint density at radius 2 is 1.60 bits per heavy atom. The minimum Gasteiger partial charge on any atom is -0.386 e. The van der Waals surface area contributed by atoms with E-state index in [1.807, 2.05) is 4.90 Å². The van der Waals surface area contributed by atoms with Crippen molar-refractivity contribution in [3.8, 4) is 0 Å². The molecule has 0 amide bonds. The molecule has 0 aliphatic heterocycles. The highest BCUT2D eigenvalue weighted by Gasteiger charge is 1.99. The molecule has 6 N–H and O–H groups in total. The van der Waals surface area contributed by atoms with E-state index in [2.05, 4.69) is 6.58 Å². The minimum absolute atomic E-state index is 0.538. The molecule has 4 heteroatoms. The highest BCUT2D eigenvalue weighted by Crippen LogP contribution is 1.90. The molecule has 4 nitrogen and oxygen atoms in total. The van der Waals surface area contributed by atoms with Gasteiger partial charge in [0.2, 0.25) is 0 Å². The molecule has 0 rings (SSSR count). The van der Waals surface area contributed by atoms with Crippen LogP contribution in [-0.4, -0.2) is 31.1 Å². The average molecular weight is 144 g/mol. The van der Waals surface area contributed by atoms with E-state index < -0.39 is 0 Å². The SMILES string of the molecule is C=C(N)N(CCN)CCN. The van der Waals surface area contributed by atoms with E-state index in [9.17, 15) is 0 Å². The zero-order chi connectivity index (χ0) is 7.98. The molecule has 0 radical (unpaired) electrons. The molecule has 0 atom stereocenters. The number of hydrogen-bond acceptors (Lipinski definition) is 4. The monoisotopic (exact) mass is 144 g/mol. The summed E-state index contributed by atoms with van der Waals surface area (Å²) in [7, 11) is 0. The van der Waals surface area contributed by atoms with Crippen LogP contribution in [0.15, 0.2) is 12.4 Å². The van der Waals surface area contributed by atoms with E-state index in [0.717, 1.165) is 13.1 Å². The van der Waals surface area contributed by atoms with Crippen molar-refractivity contribution in [2.75, 3.05) is 26.2 Å². The Kier molecular flexibility index (Phi) is 4.70. The summed E-state index contributed by atoms with van der Waals surface area (Å²) < 4.78 is 0. The first kappa shape index (κ1) is 9.26. The van der Waals surface area contributed by atoms with Crippen LogP contribution in [0.1, 0.15) is 0 Å². The zero-order valence-electron chi connectivity index (χ0n) is 6.21. The van der Waals surface area contributed by atoms with Crippen LogP contribution < -0.4 is 17.2 Å². The smallest absolute Gasteiger partial charge is 0.0913 e. The van der Waals surface area contributed by atoms with Gasteiger partial charge in [-0.05, 0) is 0 Å². The molecular weight excluding hydrogens is 128 g/mol. The van der Waals surface area contributed by atoms with E-state index in [1.54, 1.807) is 0 Å². The summed E-state index contributed by atoms with van der Waals surface area (Å²) in [6, 6.07) is 0. The van der Waals surface area contributed by atoms with Crippen molar-refractivity contribution >= 4 is 0 Å². The van der Waals surface area contributed by atoms with Crippen LogP contribution in [0.3, 0.4) is 0 Å². The second-order valence-electron chi connectivity index (χ2n) is 2.06. The first-order valence-electron chi connectivity index (χ1n) is 3.31. The van der Waals surface area contributed by atoms with Crippen LogP contribution in [0.2, 0.25) is 0 Å². The molecule has 60 valence electrons. The predicted octanol–water partition coefficient (Wildman–Crippen LogP) is -1.36. The molecule has 0 unspecified atom stereocenters. The van der Waals surface area contributed by atoms with Crippen molar-refractivity contribution in [2.45, 2.75) is 0 Å². The lowest BCUT2D eigenvalue weighted by molar-refractivity contribution is 0.360. The molecule has 0 aromatic heterocycles. The fourth-order valence-corrected chi connectivity index (χ4v) is 0.711. The summed E-state index contributed by atoms with van der Waals surface area (Å²) in [5.41, 5.74) is 16.1. The first-order valence-corrected chi connectivity index (χ1v) is 3.31. The van der Waals surface area contributed by atoms with Crippen LogP contribution in [0.4, 0.5) is 0 Å². The first-order chi connectivity index (χ1) is 4.72. The zero-order valence-corrected chi connectivity index (χ0v) is 6.21. The third-order valence-electron chi connectivity index (χ3n) is 1.20. The topological polar surface area (TPSA) is 81.3 Å². The maximum absolute atomic E-state index is 5.43. The summed E-state index contributed by atoms with van der Waals surface area (Å²) in [4.78, 5) is 1.86. The second-order valence-corrected chi connectivity index (χ2v) is 2.06. The van der Waals surface area contributed by atoms with Gasteiger partial charge in [-0.2, -0.15) is 0 Å². The van der Waals surface area contributed by atoms with Gasteiger partial charge in [-0.3, -0.25) is 0 Å². The molecule has 0 aliphatic rings. The van der Waals surface area contributed by atoms with Gasteiger partial charge in [0.15, 0.2) is 0 Å².